The minimum absolute atomic E-state index is 0.166. The molecule has 1 amide bonds. The first-order chi connectivity index (χ1) is 14.7. The van der Waals surface area contributed by atoms with Gasteiger partial charge in [-0.05, 0) is 60.9 Å². The van der Waals surface area contributed by atoms with Crippen LogP contribution in [0, 0.1) is 0 Å². The fraction of sp³-hybridized carbons (Fsp3) is 0.320. The highest BCUT2D eigenvalue weighted by Gasteiger charge is 2.20. The van der Waals surface area contributed by atoms with E-state index in [9.17, 15) is 4.79 Å². The second-order valence-electron chi connectivity index (χ2n) is 7.54. The average molecular weight is 405 g/mol. The second kappa shape index (κ2) is 9.18. The summed E-state index contributed by atoms with van der Waals surface area (Å²) in [4.78, 5) is 15.5. The highest BCUT2D eigenvalue weighted by Crippen LogP contribution is 2.30. The Morgan fingerprint density at radius 2 is 1.90 bits per heavy atom. The van der Waals surface area contributed by atoms with E-state index in [-0.39, 0.29) is 12.0 Å². The lowest BCUT2D eigenvalue weighted by Gasteiger charge is -2.33. The molecule has 1 N–H and O–H groups in total. The van der Waals surface area contributed by atoms with Gasteiger partial charge in [-0.3, -0.25) is 4.79 Å². The molecule has 5 heteroatoms. The Kier molecular flexibility index (Phi) is 6.19. The van der Waals surface area contributed by atoms with Crippen molar-refractivity contribution in [3.05, 3.63) is 66.2 Å². The van der Waals surface area contributed by atoms with Crippen molar-refractivity contribution in [3.63, 3.8) is 0 Å². The summed E-state index contributed by atoms with van der Waals surface area (Å²) in [5, 5.41) is 4.94. The molecule has 156 valence electrons. The predicted molar refractivity (Wildman–Crippen MR) is 122 cm³/mol. The largest absolute Gasteiger partial charge is 0.493 e. The quantitative estimate of drug-likeness (QED) is 0.621. The molecule has 1 heterocycles. The van der Waals surface area contributed by atoms with Crippen LogP contribution in [0.3, 0.4) is 0 Å². The zero-order valence-corrected chi connectivity index (χ0v) is 17.6. The Morgan fingerprint density at radius 3 is 2.67 bits per heavy atom. The third-order valence-electron chi connectivity index (χ3n) is 5.62. The molecule has 1 fully saturated rings. The van der Waals surface area contributed by atoms with Crippen LogP contribution in [-0.2, 0) is 4.74 Å². The fourth-order valence-electron chi connectivity index (χ4n) is 4.08. The van der Waals surface area contributed by atoms with Crippen LogP contribution in [0.4, 0.5) is 11.4 Å². The van der Waals surface area contributed by atoms with Crippen LogP contribution in [0.2, 0.25) is 0 Å². The summed E-state index contributed by atoms with van der Waals surface area (Å²) in [5.74, 6) is 0.435. The number of rotatable bonds is 6. The number of piperidine rings is 1. The Labute approximate surface area is 177 Å². The van der Waals surface area contributed by atoms with E-state index in [2.05, 4.69) is 22.3 Å². The molecule has 0 spiro atoms. The van der Waals surface area contributed by atoms with E-state index >= 15 is 0 Å². The van der Waals surface area contributed by atoms with Crippen LogP contribution >= 0.6 is 0 Å². The number of fused-ring (bicyclic) bond motifs is 1. The average Bonchev–Trinajstić information content (AvgIpc) is 2.79. The summed E-state index contributed by atoms with van der Waals surface area (Å²) in [7, 11) is 1.77. The third-order valence-corrected chi connectivity index (χ3v) is 5.62. The van der Waals surface area contributed by atoms with Crippen molar-refractivity contribution in [1.82, 2.24) is 0 Å². The van der Waals surface area contributed by atoms with Gasteiger partial charge in [-0.2, -0.15) is 0 Å². The normalized spacial score (nSPS) is 16.5. The first kappa shape index (κ1) is 20.2. The van der Waals surface area contributed by atoms with E-state index in [0.29, 0.717) is 17.9 Å². The summed E-state index contributed by atoms with van der Waals surface area (Å²) in [5.41, 5.74) is 2.48. The third kappa shape index (κ3) is 4.26. The number of carbonyl (C=O) groups excluding carboxylic acids is 1. The van der Waals surface area contributed by atoms with E-state index in [4.69, 9.17) is 9.47 Å². The van der Waals surface area contributed by atoms with E-state index in [0.717, 1.165) is 48.1 Å². The minimum atomic E-state index is -0.166. The zero-order chi connectivity index (χ0) is 20.9. The molecule has 30 heavy (non-hydrogen) atoms. The highest BCUT2D eigenvalue weighted by atomic mass is 16.5. The number of anilines is 2. The monoisotopic (exact) mass is 404 g/mol. The van der Waals surface area contributed by atoms with Gasteiger partial charge in [0.2, 0.25) is 0 Å². The molecule has 3 aromatic carbocycles. The van der Waals surface area contributed by atoms with Crippen LogP contribution in [0.1, 0.15) is 30.1 Å². The van der Waals surface area contributed by atoms with E-state index < -0.39 is 0 Å². The number of amides is 1. The van der Waals surface area contributed by atoms with Crippen molar-refractivity contribution in [3.8, 4) is 5.75 Å². The molecule has 1 atom stereocenters. The molecule has 0 aliphatic carbocycles. The molecule has 0 radical (unpaired) electrons. The number of methoxy groups -OCH3 is 1. The first-order valence-corrected chi connectivity index (χ1v) is 10.5. The molecule has 0 aromatic heterocycles. The van der Waals surface area contributed by atoms with Crippen molar-refractivity contribution in [2.75, 3.05) is 37.0 Å². The Bertz CT molecular complexity index is 1020. The lowest BCUT2D eigenvalue weighted by atomic mass is 10.0. The van der Waals surface area contributed by atoms with Crippen molar-refractivity contribution < 1.29 is 14.3 Å². The number of nitrogens with zero attached hydrogens (tertiary/aromatic N) is 1. The van der Waals surface area contributed by atoms with E-state index in [1.165, 1.54) is 0 Å². The van der Waals surface area contributed by atoms with Gasteiger partial charge in [0, 0.05) is 31.6 Å². The molecule has 5 nitrogen and oxygen atoms in total. The van der Waals surface area contributed by atoms with Crippen molar-refractivity contribution >= 4 is 28.1 Å². The summed E-state index contributed by atoms with van der Waals surface area (Å²) < 4.78 is 11.3. The number of benzene rings is 3. The van der Waals surface area contributed by atoms with E-state index in [1.54, 1.807) is 7.11 Å². The summed E-state index contributed by atoms with van der Waals surface area (Å²) >= 11 is 0. The van der Waals surface area contributed by atoms with Gasteiger partial charge in [0.15, 0.2) is 0 Å². The molecule has 1 unspecified atom stereocenters. The molecular weight excluding hydrogens is 376 g/mol. The predicted octanol–water partition coefficient (Wildman–Crippen LogP) is 5.11. The van der Waals surface area contributed by atoms with Gasteiger partial charge >= 0.3 is 0 Å². The second-order valence-corrected chi connectivity index (χ2v) is 7.54. The van der Waals surface area contributed by atoms with Gasteiger partial charge in [0.1, 0.15) is 5.75 Å². The highest BCUT2D eigenvalue weighted by molar-refractivity contribution is 6.15. The lowest BCUT2D eigenvalue weighted by Crippen LogP contribution is -2.39. The maximum Gasteiger partial charge on any atom is 0.260 e. The van der Waals surface area contributed by atoms with E-state index in [1.807, 2.05) is 55.5 Å². The van der Waals surface area contributed by atoms with Crippen LogP contribution in [0.15, 0.2) is 60.7 Å². The maximum absolute atomic E-state index is 13.2. The van der Waals surface area contributed by atoms with Crippen LogP contribution in [0.5, 0.6) is 5.75 Å². The van der Waals surface area contributed by atoms with Crippen molar-refractivity contribution in [2.24, 2.45) is 0 Å². The first-order valence-electron chi connectivity index (χ1n) is 10.5. The molecule has 1 saturated heterocycles. The Hall–Kier alpha value is -3.05. The minimum Gasteiger partial charge on any atom is -0.493 e. The molecule has 1 aliphatic rings. The molecule has 0 bridgehead atoms. The van der Waals surface area contributed by atoms with Crippen LogP contribution in [-0.4, -0.2) is 38.8 Å². The Morgan fingerprint density at radius 1 is 1.10 bits per heavy atom. The van der Waals surface area contributed by atoms with Gasteiger partial charge in [0.25, 0.3) is 5.91 Å². The standard InChI is InChI=1S/C25H28N2O3/c1-3-30-23-15-10-18-7-4-5-9-22(18)24(23)25(28)26-19-11-13-20(14-12-19)27-16-6-8-21(17-27)29-2/h4-5,7,9-15,21H,3,6,8,16-17H2,1-2H3,(H,26,28). The van der Waals surface area contributed by atoms with Crippen molar-refractivity contribution in [2.45, 2.75) is 25.9 Å². The number of hydrogen-bond donors (Lipinski definition) is 1. The van der Waals surface area contributed by atoms with Gasteiger partial charge < -0.3 is 19.7 Å². The lowest BCUT2D eigenvalue weighted by molar-refractivity contribution is 0.0893. The summed E-state index contributed by atoms with van der Waals surface area (Å²) in [6.45, 7) is 4.35. The summed E-state index contributed by atoms with van der Waals surface area (Å²) in [6, 6.07) is 19.7. The molecule has 1 aliphatic heterocycles. The van der Waals surface area contributed by atoms with Gasteiger partial charge in [-0.25, -0.2) is 0 Å². The zero-order valence-electron chi connectivity index (χ0n) is 17.6. The van der Waals surface area contributed by atoms with Gasteiger partial charge in [0.05, 0.1) is 18.3 Å². The van der Waals surface area contributed by atoms with Crippen molar-refractivity contribution in [1.29, 1.82) is 0 Å². The summed E-state index contributed by atoms with van der Waals surface area (Å²) in [6.07, 6.45) is 2.51. The molecule has 0 saturated carbocycles. The fourth-order valence-corrected chi connectivity index (χ4v) is 4.08. The molecule has 3 aromatic rings. The molecule has 4 rings (SSSR count). The van der Waals surface area contributed by atoms with Crippen LogP contribution < -0.4 is 15.0 Å². The SMILES string of the molecule is CCOc1ccc2ccccc2c1C(=O)Nc1ccc(N2CCCC(OC)C2)cc1. The number of carbonyl (C=O) groups is 1. The Balaban J connectivity index is 1.55. The van der Waals surface area contributed by atoms with Crippen LogP contribution in [0.25, 0.3) is 10.8 Å². The smallest absolute Gasteiger partial charge is 0.260 e. The number of ether oxygens (including phenoxy) is 2. The number of hydrogen-bond acceptors (Lipinski definition) is 4. The topological polar surface area (TPSA) is 50.8 Å². The van der Waals surface area contributed by atoms with Gasteiger partial charge in [-0.15, -0.1) is 0 Å². The van der Waals surface area contributed by atoms with Gasteiger partial charge in [-0.1, -0.05) is 30.3 Å². The molecular formula is C25H28N2O3. The maximum atomic E-state index is 13.2. The number of nitrogens with one attached hydrogen (secondary N) is 1.